The summed E-state index contributed by atoms with van der Waals surface area (Å²) in [5.74, 6) is -6.89. The van der Waals surface area contributed by atoms with Gasteiger partial charge in [0.05, 0.1) is 19.8 Å². The van der Waals surface area contributed by atoms with Crippen LogP contribution in [0.1, 0.15) is 152 Å². The third-order valence-corrected chi connectivity index (χ3v) is 25.2. The van der Waals surface area contributed by atoms with Crippen molar-refractivity contribution in [1.82, 2.24) is 57.3 Å². The number of amides is 10. The molecular weight excluding hydrogens is 1430 g/mol. The number of carbonyl (C=O) groups excluding carboxylic acids is 10. The first-order valence-electron chi connectivity index (χ1n) is 38.2. The Labute approximate surface area is 638 Å². The number of nitrogens with two attached hydrogens (primary N) is 2. The summed E-state index contributed by atoms with van der Waals surface area (Å²) >= 11 is 2.85. The van der Waals surface area contributed by atoms with Gasteiger partial charge in [0.25, 0.3) is 0 Å². The Morgan fingerprint density at radius 2 is 1.44 bits per heavy atom. The van der Waals surface area contributed by atoms with Crippen LogP contribution < -0.4 is 58.7 Å². The van der Waals surface area contributed by atoms with Crippen LogP contribution in [-0.4, -0.2) is 204 Å². The van der Waals surface area contributed by atoms with Crippen LogP contribution in [0.4, 0.5) is 13.2 Å². The van der Waals surface area contributed by atoms with E-state index in [9.17, 15) is 24.0 Å². The van der Waals surface area contributed by atoms with E-state index in [1.54, 1.807) is 37.4 Å². The number of alkyl halides is 2. The number of hydrogen-bond acceptors (Lipinski definition) is 16. The van der Waals surface area contributed by atoms with Gasteiger partial charge in [0.2, 0.25) is 59.1 Å². The number of carbonyl (C=O) groups is 10. The van der Waals surface area contributed by atoms with Gasteiger partial charge in [-0.15, -0.1) is 0 Å². The number of primary amides is 1. The zero-order valence-corrected chi connectivity index (χ0v) is 64.1. The largest absolute Gasteiger partial charge is 0.497 e. The van der Waals surface area contributed by atoms with Gasteiger partial charge in [-0.1, -0.05) is 62.1 Å². The standard InChI is InChI=1S/C78H108F3N13O12S2/c1-45-69(97)88-60(34-50-39-84-58-25-21-53(79)36-57(50)58)71(99)89-62(35-52-40-85-65-26-22-54(80)38-78(52,65)51-16-8-6-7-9-17-51)74(102)93-41-55(81)37-64(93)72(100)92-67(46(2)105-4)73(101)90-61(33-47-19-23-56(106-5)24-20-47)75(103)94-30-13-28-77(94,3)76(104)91-63(68(83)96)44-108-43-49-15-12-14-48(32-49)42-107-31-27-66(95)87-59(70(98)86-45)18-10-11-29-82/h12,14-15,19-21,23-25,32,36,39,45-46,51-52,54-55,59-65,67,84-85H,6-11,13,16-18,22,26-31,33-35,37-38,40-44,82H2,1-5H3,(H2,83,96)(H,86,98)(H,87,95)(H,88,97)(H,89,99)(H,90,101)(H,91,104)(H,92,100)/t45-,46+,52?,54?,55+,59+,60+,61+,62+,63+,64+,65?,67+,77+,78?/m1/s1. The predicted octanol–water partition coefficient (Wildman–Crippen LogP) is 5.51. The summed E-state index contributed by atoms with van der Waals surface area (Å²) in [4.78, 5) is 154. The van der Waals surface area contributed by atoms with Gasteiger partial charge >= 0.3 is 0 Å². The highest BCUT2D eigenvalue weighted by Crippen LogP contribution is 2.57. The molecule has 10 amide bonds. The number of benzene rings is 3. The zero-order chi connectivity index (χ0) is 77.4. The fraction of sp³-hybridized carbons (Fsp3) is 0.615. The van der Waals surface area contributed by atoms with Gasteiger partial charge in [0.15, 0.2) is 0 Å². The number of aromatic nitrogens is 1. The quantitative estimate of drug-likeness (QED) is 0.0516. The van der Waals surface area contributed by atoms with Crippen molar-refractivity contribution >= 4 is 93.5 Å². The lowest BCUT2D eigenvalue weighted by molar-refractivity contribution is -0.147. The van der Waals surface area contributed by atoms with Crippen molar-refractivity contribution in [3.63, 3.8) is 0 Å². The van der Waals surface area contributed by atoms with E-state index in [2.05, 4.69) is 47.5 Å². The highest BCUT2D eigenvalue weighted by Gasteiger charge is 2.58. The van der Waals surface area contributed by atoms with Crippen LogP contribution in [0.2, 0.25) is 0 Å². The highest BCUT2D eigenvalue weighted by molar-refractivity contribution is 7.98. The second-order valence-electron chi connectivity index (χ2n) is 30.4. The third kappa shape index (κ3) is 20.4. The second kappa shape index (κ2) is 38.1. The number of unbranched alkanes of at least 4 members (excludes halogenated alkanes) is 1. The van der Waals surface area contributed by atoms with Gasteiger partial charge in [-0.2, -0.15) is 23.5 Å². The molecule has 3 saturated heterocycles. The molecule has 2 bridgehead atoms. The molecule has 25 nitrogen and oxygen atoms in total. The van der Waals surface area contributed by atoms with Crippen molar-refractivity contribution in [3.8, 4) is 5.75 Å². The summed E-state index contributed by atoms with van der Waals surface area (Å²) < 4.78 is 59.3. The number of rotatable bonds is 15. The van der Waals surface area contributed by atoms with E-state index in [4.69, 9.17) is 20.9 Å². The van der Waals surface area contributed by atoms with E-state index in [-0.39, 0.29) is 69.2 Å². The lowest BCUT2D eigenvalue weighted by Crippen LogP contribution is -2.64. The average molecular weight is 1540 g/mol. The van der Waals surface area contributed by atoms with E-state index >= 15 is 37.1 Å². The number of aromatic amines is 1. The molecule has 10 rings (SSSR count). The third-order valence-electron chi connectivity index (χ3n) is 23.1. The maximum absolute atomic E-state index is 16.6. The Morgan fingerprint density at radius 3 is 2.16 bits per heavy atom. The smallest absolute Gasteiger partial charge is 0.246 e. The van der Waals surface area contributed by atoms with Gasteiger partial charge in [-0.3, -0.25) is 47.9 Å². The maximum Gasteiger partial charge on any atom is 0.246 e. The summed E-state index contributed by atoms with van der Waals surface area (Å²) in [6.07, 6.45) is 4.56. The van der Waals surface area contributed by atoms with Crippen molar-refractivity contribution in [1.29, 1.82) is 0 Å². The number of nitrogens with one attached hydrogen (secondary N) is 9. The first kappa shape index (κ1) is 82.6. The summed E-state index contributed by atoms with van der Waals surface area (Å²) in [5.41, 5.74) is 12.9. The first-order valence-corrected chi connectivity index (χ1v) is 40.5. The van der Waals surface area contributed by atoms with E-state index in [1.165, 1.54) is 74.7 Å². The molecule has 590 valence electrons. The number of H-pyrrole nitrogens is 1. The Kier molecular flexibility index (Phi) is 29.2. The van der Waals surface area contributed by atoms with E-state index < -0.39 is 162 Å². The van der Waals surface area contributed by atoms with Gasteiger partial charge in [0, 0.05) is 85.5 Å². The molecule has 5 heterocycles. The van der Waals surface area contributed by atoms with Crippen LogP contribution in [0.25, 0.3) is 10.9 Å². The van der Waals surface area contributed by atoms with Gasteiger partial charge in [-0.25, -0.2) is 13.2 Å². The summed E-state index contributed by atoms with van der Waals surface area (Å²) in [5, 5.41) is 23.8. The fourth-order valence-corrected chi connectivity index (χ4v) is 18.9. The van der Waals surface area contributed by atoms with Crippen LogP contribution >= 0.6 is 23.5 Å². The summed E-state index contributed by atoms with van der Waals surface area (Å²) in [7, 11) is 2.79. The monoisotopic (exact) mass is 1540 g/mol. The van der Waals surface area contributed by atoms with Crippen molar-refractivity contribution < 1.29 is 70.6 Å². The highest BCUT2D eigenvalue weighted by atomic mass is 32.2. The molecule has 1 aromatic heterocycles. The second-order valence-corrected chi connectivity index (χ2v) is 32.5. The molecule has 5 fully saturated rings. The van der Waals surface area contributed by atoms with Crippen LogP contribution in [0.15, 0.2) is 72.9 Å². The first-order chi connectivity index (χ1) is 51.8. The van der Waals surface area contributed by atoms with Crippen molar-refractivity contribution in [2.45, 2.75) is 233 Å². The number of thioether (sulfide) groups is 2. The Balaban J connectivity index is 1.01. The Bertz CT molecular complexity index is 3830. The molecule has 4 aliphatic heterocycles. The van der Waals surface area contributed by atoms with Crippen LogP contribution in [0.5, 0.6) is 5.75 Å². The molecule has 30 heteroatoms. The Hall–Kier alpha value is -7.93. The number of halogens is 3. The van der Waals surface area contributed by atoms with Gasteiger partial charge in [-0.05, 0) is 174 Å². The van der Waals surface area contributed by atoms with Crippen LogP contribution in [0.3, 0.4) is 0 Å². The molecule has 108 heavy (non-hydrogen) atoms. The summed E-state index contributed by atoms with van der Waals surface area (Å²) in [6.45, 7) is 4.57. The number of methoxy groups -OCH3 is 2. The van der Waals surface area contributed by atoms with E-state index in [1.807, 2.05) is 24.3 Å². The van der Waals surface area contributed by atoms with E-state index in [0.717, 1.165) is 54.6 Å². The lowest BCUT2D eigenvalue weighted by atomic mass is 9.55. The minimum Gasteiger partial charge on any atom is -0.497 e. The van der Waals surface area contributed by atoms with E-state index in [0.29, 0.717) is 90.2 Å². The predicted molar refractivity (Wildman–Crippen MR) is 406 cm³/mol. The number of hydrogen-bond donors (Lipinski definition) is 11. The number of nitrogens with zero attached hydrogens (tertiary/aromatic N) is 2. The molecule has 4 unspecified atom stereocenters. The fourth-order valence-electron chi connectivity index (χ4n) is 17.0. The van der Waals surface area contributed by atoms with Gasteiger partial charge < -0.3 is 78.3 Å². The van der Waals surface area contributed by atoms with Crippen LogP contribution in [0, 0.1) is 23.1 Å². The van der Waals surface area contributed by atoms with Gasteiger partial charge in [0.1, 0.15) is 77.8 Å². The average Bonchev–Trinajstić information content (AvgIpc) is 1.56. The molecule has 4 aromatic rings. The normalized spacial score (nSPS) is 30.2. The number of fused-ring (bicyclic) bond motifs is 6. The molecule has 2 aliphatic carbocycles. The molecule has 6 aliphatic rings. The lowest BCUT2D eigenvalue weighted by Gasteiger charge is -2.50. The minimum atomic E-state index is -1.81. The Morgan fingerprint density at radius 1 is 0.731 bits per heavy atom. The molecule has 3 aromatic carbocycles. The van der Waals surface area contributed by atoms with Crippen molar-refractivity contribution in [2.75, 3.05) is 51.9 Å². The SMILES string of the molecule is COc1ccc(C[C@@H]2NC(=O)[C@H]([C@H](C)OC)NC(=O)[C@@H]3C[C@H](F)CN3C(=O)[C@H](CC3CNC4CCC(F)CC34C3CCCCCC3)NC(=O)[C@H](Cc3c[nH]c4ccc(F)cc34)NC(=O)[C@@H](C)NC(=O)[C@H](CCCCN)NC(=O)CCSCc3cccc(c3)CSC[C@@H](C(N)=O)NC(=O)[C@]3(C)CCCN3C2=O)cc1. The summed E-state index contributed by atoms with van der Waals surface area (Å²) in [6, 6.07) is 6.99. The molecule has 0 radical (unpaired) electrons. The maximum atomic E-state index is 16.6. The number of ether oxygens (including phenoxy) is 2. The molecule has 2 saturated carbocycles. The molecule has 15 atom stereocenters. The molecule has 13 N–H and O–H groups in total. The van der Waals surface area contributed by atoms with Crippen molar-refractivity contribution in [2.24, 2.45) is 28.7 Å². The zero-order valence-electron chi connectivity index (χ0n) is 62.5. The molecule has 0 spiro atoms. The molecular formula is C78H108F3N13O12S2. The topological polar surface area (TPSA) is 360 Å². The van der Waals surface area contributed by atoms with Crippen LogP contribution in [-0.2, 0) is 77.0 Å². The van der Waals surface area contributed by atoms with Crippen molar-refractivity contribution in [3.05, 3.63) is 101 Å². The minimum absolute atomic E-state index is 0.0305.